The number of alkyl halides is 3. The highest BCUT2D eigenvalue weighted by atomic mass is 19.3. The lowest BCUT2D eigenvalue weighted by Crippen LogP contribution is -2.55. The van der Waals surface area contributed by atoms with Crippen LogP contribution in [0.4, 0.5) is 23.4 Å². The molecule has 2 atom stereocenters. The maximum Gasteiger partial charge on any atom is 0.280 e. The third-order valence-electron chi connectivity index (χ3n) is 5.53. The van der Waals surface area contributed by atoms with Gasteiger partial charge in [0.25, 0.3) is 6.43 Å². The number of rotatable bonds is 10. The summed E-state index contributed by atoms with van der Waals surface area (Å²) >= 11 is 0. The van der Waals surface area contributed by atoms with Crippen LogP contribution >= 0.6 is 0 Å². The Hall–Kier alpha value is -2.85. The van der Waals surface area contributed by atoms with Crippen molar-refractivity contribution < 1.29 is 27.4 Å². The van der Waals surface area contributed by atoms with Crippen molar-refractivity contribution in [3.8, 4) is 5.75 Å². The molecule has 0 spiro atoms. The summed E-state index contributed by atoms with van der Waals surface area (Å²) in [4.78, 5) is 7.22. The molecule has 2 aromatic heterocycles. The van der Waals surface area contributed by atoms with Gasteiger partial charge in [-0.2, -0.15) is 0 Å². The van der Waals surface area contributed by atoms with E-state index in [1.165, 1.54) is 20.1 Å². The Bertz CT molecular complexity index is 1080. The van der Waals surface area contributed by atoms with Crippen molar-refractivity contribution in [2.45, 2.75) is 37.5 Å². The van der Waals surface area contributed by atoms with Crippen LogP contribution in [-0.2, 0) is 12.0 Å². The molecule has 0 aliphatic heterocycles. The molecule has 0 aliphatic rings. The van der Waals surface area contributed by atoms with Crippen molar-refractivity contribution in [2.24, 2.45) is 0 Å². The number of hydrogen-bond acceptors (Lipinski definition) is 5. The molecule has 10 heteroatoms. The van der Waals surface area contributed by atoms with E-state index in [2.05, 4.69) is 20.6 Å². The second-order valence-corrected chi connectivity index (χ2v) is 8.00. The first-order chi connectivity index (χ1) is 15.1. The number of methoxy groups -OCH3 is 1. The highest BCUT2D eigenvalue weighted by Gasteiger charge is 2.46. The van der Waals surface area contributed by atoms with Crippen molar-refractivity contribution in [3.05, 3.63) is 53.6 Å². The maximum absolute atomic E-state index is 14.2. The van der Waals surface area contributed by atoms with E-state index in [9.17, 15) is 22.7 Å². The fraction of sp³-hybridized carbons (Fsp3) is 0.409. The number of aromatic nitrogens is 2. The van der Waals surface area contributed by atoms with Gasteiger partial charge in [-0.15, -0.1) is 0 Å². The molecule has 174 valence electrons. The standard InChI is InChI=1S/C22H26F4N4O2/c1-21(12-23,16-8-14(24)4-5-18(16)32-3)11-22(31,20(25)26)29-9-15-6-13-7-19(27-2)28-10-17(13)30-15/h4-8,10,20,29-31H,9,11-12H2,1-3H3,(H,27,28). The number of nitrogens with one attached hydrogen (secondary N) is 3. The number of aliphatic hydroxyl groups is 1. The van der Waals surface area contributed by atoms with Gasteiger partial charge < -0.3 is 20.1 Å². The molecule has 0 bridgehead atoms. The van der Waals surface area contributed by atoms with Gasteiger partial charge in [-0.3, -0.25) is 9.71 Å². The smallest absolute Gasteiger partial charge is 0.280 e. The lowest BCUT2D eigenvalue weighted by Gasteiger charge is -2.38. The van der Waals surface area contributed by atoms with Crippen LogP contribution in [0.1, 0.15) is 24.6 Å². The Kier molecular flexibility index (Phi) is 6.94. The third-order valence-corrected chi connectivity index (χ3v) is 5.53. The number of benzene rings is 1. The molecule has 6 nitrogen and oxygen atoms in total. The van der Waals surface area contributed by atoms with Gasteiger partial charge in [-0.1, -0.05) is 6.92 Å². The van der Waals surface area contributed by atoms with Gasteiger partial charge in [0.15, 0.2) is 5.72 Å². The van der Waals surface area contributed by atoms with Crippen LogP contribution < -0.4 is 15.4 Å². The largest absolute Gasteiger partial charge is 0.496 e. The Balaban J connectivity index is 1.86. The van der Waals surface area contributed by atoms with Gasteiger partial charge >= 0.3 is 0 Å². The minimum atomic E-state index is -3.24. The molecule has 0 aliphatic carbocycles. The second kappa shape index (κ2) is 9.33. The van der Waals surface area contributed by atoms with E-state index in [4.69, 9.17) is 4.74 Å². The van der Waals surface area contributed by atoms with E-state index in [1.807, 2.05) is 0 Å². The van der Waals surface area contributed by atoms with Gasteiger partial charge in [-0.25, -0.2) is 18.2 Å². The van der Waals surface area contributed by atoms with Gasteiger partial charge in [0, 0.05) is 42.1 Å². The fourth-order valence-electron chi connectivity index (χ4n) is 3.75. The van der Waals surface area contributed by atoms with E-state index < -0.39 is 36.5 Å². The van der Waals surface area contributed by atoms with Crippen molar-refractivity contribution >= 4 is 16.7 Å². The number of fused-ring (bicyclic) bond motifs is 1. The van der Waals surface area contributed by atoms with E-state index in [0.717, 1.165) is 17.5 Å². The van der Waals surface area contributed by atoms with Gasteiger partial charge in [0.2, 0.25) is 0 Å². The van der Waals surface area contributed by atoms with Crippen molar-refractivity contribution in [3.63, 3.8) is 0 Å². The number of ether oxygens (including phenoxy) is 1. The molecule has 2 unspecified atom stereocenters. The van der Waals surface area contributed by atoms with Crippen LogP contribution in [0.2, 0.25) is 0 Å². The summed E-state index contributed by atoms with van der Waals surface area (Å²) in [7, 11) is 3.04. The normalized spacial score (nSPS) is 15.5. The number of aromatic amines is 1. The zero-order valence-electron chi connectivity index (χ0n) is 18.0. The number of hydrogen-bond donors (Lipinski definition) is 4. The van der Waals surface area contributed by atoms with Crippen LogP contribution in [0.15, 0.2) is 36.5 Å². The average Bonchev–Trinajstić information content (AvgIpc) is 3.19. The topological polar surface area (TPSA) is 82.2 Å². The number of nitrogens with zero attached hydrogens (tertiary/aromatic N) is 1. The molecule has 0 amide bonds. The third kappa shape index (κ3) is 4.81. The SMILES string of the molecule is CNc1cc2cc(CNC(O)(CC(C)(CF)c3cc(F)ccc3OC)C(F)F)[nH]c2cn1. The monoisotopic (exact) mass is 454 g/mol. The van der Waals surface area contributed by atoms with Crippen LogP contribution in [0.5, 0.6) is 5.75 Å². The molecule has 3 aromatic rings. The molecule has 32 heavy (non-hydrogen) atoms. The Morgan fingerprint density at radius 2 is 2.00 bits per heavy atom. The predicted molar refractivity (Wildman–Crippen MR) is 114 cm³/mol. The first-order valence-corrected chi connectivity index (χ1v) is 9.95. The summed E-state index contributed by atoms with van der Waals surface area (Å²) in [6.45, 7) is 0.0780. The summed E-state index contributed by atoms with van der Waals surface area (Å²) in [6.07, 6.45) is -2.37. The molecule has 1 aromatic carbocycles. The molecule has 0 fully saturated rings. The summed E-state index contributed by atoms with van der Waals surface area (Å²) in [5, 5.41) is 16.9. The van der Waals surface area contributed by atoms with Crippen LogP contribution in [0.25, 0.3) is 10.9 Å². The minimum absolute atomic E-state index is 0.0552. The van der Waals surface area contributed by atoms with E-state index in [0.29, 0.717) is 17.0 Å². The molecule has 0 saturated carbocycles. The summed E-state index contributed by atoms with van der Waals surface area (Å²) in [6, 6.07) is 6.98. The van der Waals surface area contributed by atoms with Gasteiger partial charge in [0.05, 0.1) is 25.5 Å². The zero-order valence-corrected chi connectivity index (χ0v) is 18.0. The van der Waals surface area contributed by atoms with Crippen molar-refractivity contribution in [2.75, 3.05) is 26.1 Å². The van der Waals surface area contributed by atoms with Crippen molar-refractivity contribution in [1.82, 2.24) is 15.3 Å². The number of H-pyrrole nitrogens is 1. The van der Waals surface area contributed by atoms with Gasteiger partial charge in [-0.05, 0) is 30.3 Å². The Labute approximate surface area is 183 Å². The molecule has 0 radical (unpaired) electrons. The van der Waals surface area contributed by atoms with E-state index in [-0.39, 0.29) is 17.9 Å². The molecule has 0 saturated heterocycles. The highest BCUT2D eigenvalue weighted by Crippen LogP contribution is 2.40. The number of halogens is 4. The van der Waals surface area contributed by atoms with E-state index >= 15 is 0 Å². The highest BCUT2D eigenvalue weighted by molar-refractivity contribution is 5.82. The quantitative estimate of drug-likeness (QED) is 0.274. The lowest BCUT2D eigenvalue weighted by molar-refractivity contribution is -0.136. The lowest BCUT2D eigenvalue weighted by atomic mass is 9.76. The average molecular weight is 454 g/mol. The number of anilines is 1. The Morgan fingerprint density at radius 1 is 1.25 bits per heavy atom. The fourth-order valence-corrected chi connectivity index (χ4v) is 3.75. The molecule has 2 heterocycles. The van der Waals surface area contributed by atoms with Crippen LogP contribution in [0, 0.1) is 5.82 Å². The second-order valence-electron chi connectivity index (χ2n) is 8.00. The maximum atomic E-state index is 14.2. The first-order valence-electron chi connectivity index (χ1n) is 9.95. The minimum Gasteiger partial charge on any atom is -0.496 e. The molecule has 3 rings (SSSR count). The predicted octanol–water partition coefficient (Wildman–Crippen LogP) is 4.11. The first kappa shape index (κ1) is 23.8. The zero-order chi connectivity index (χ0) is 23.5. The van der Waals surface area contributed by atoms with Crippen molar-refractivity contribution in [1.29, 1.82) is 0 Å². The molecule has 4 N–H and O–H groups in total. The van der Waals surface area contributed by atoms with E-state index in [1.54, 1.807) is 25.4 Å². The summed E-state index contributed by atoms with van der Waals surface area (Å²) in [5.74, 6) is 0.121. The molecular formula is C22H26F4N4O2. The molecular weight excluding hydrogens is 428 g/mol. The van der Waals surface area contributed by atoms with Gasteiger partial charge in [0.1, 0.15) is 17.4 Å². The summed E-state index contributed by atoms with van der Waals surface area (Å²) < 4.78 is 61.1. The summed E-state index contributed by atoms with van der Waals surface area (Å²) in [5.41, 5.74) is -3.11. The van der Waals surface area contributed by atoms with Crippen LogP contribution in [0.3, 0.4) is 0 Å². The Morgan fingerprint density at radius 3 is 2.62 bits per heavy atom. The number of pyridine rings is 1. The van der Waals surface area contributed by atoms with Crippen LogP contribution in [-0.4, -0.2) is 48.1 Å².